The summed E-state index contributed by atoms with van der Waals surface area (Å²) >= 11 is 0. The van der Waals surface area contributed by atoms with Gasteiger partial charge in [-0.3, -0.25) is 5.32 Å². The molecule has 0 saturated heterocycles. The van der Waals surface area contributed by atoms with Crippen LogP contribution in [0.25, 0.3) is 0 Å². The van der Waals surface area contributed by atoms with Crippen LogP contribution in [0.3, 0.4) is 0 Å². The van der Waals surface area contributed by atoms with Gasteiger partial charge in [0.25, 0.3) is 0 Å². The first kappa shape index (κ1) is 17.9. The first-order valence-electron chi connectivity index (χ1n) is 9.26. The van der Waals surface area contributed by atoms with Crippen LogP contribution in [0.1, 0.15) is 11.1 Å². The van der Waals surface area contributed by atoms with Gasteiger partial charge in [0.15, 0.2) is 0 Å². The number of rotatable bonds is 5. The molecule has 4 rings (SSSR count). The predicted molar refractivity (Wildman–Crippen MR) is 110 cm³/mol. The van der Waals surface area contributed by atoms with E-state index in [-0.39, 0.29) is 0 Å². The second-order valence-electron chi connectivity index (χ2n) is 6.69. The summed E-state index contributed by atoms with van der Waals surface area (Å²) in [6.07, 6.45) is 0.420. The molecule has 0 aliphatic carbocycles. The molecule has 0 radical (unpaired) electrons. The summed E-state index contributed by atoms with van der Waals surface area (Å²) in [5.74, 6) is 1.22. The Hall–Kier alpha value is -3.47. The van der Waals surface area contributed by atoms with E-state index in [1.54, 1.807) is 19.2 Å². The fourth-order valence-corrected chi connectivity index (χ4v) is 3.43. The summed E-state index contributed by atoms with van der Waals surface area (Å²) in [7, 11) is 1.59. The summed E-state index contributed by atoms with van der Waals surface area (Å²) in [5.41, 5.74) is 4.31. The van der Waals surface area contributed by atoms with Gasteiger partial charge in [0.2, 0.25) is 0 Å². The molecular weight excluding hydrogens is 352 g/mol. The van der Waals surface area contributed by atoms with Gasteiger partial charge in [0.05, 0.1) is 7.11 Å². The number of methoxy groups -OCH3 is 1. The molecule has 0 saturated carbocycles. The summed E-state index contributed by atoms with van der Waals surface area (Å²) < 4.78 is 10.6. The molecule has 0 spiro atoms. The average molecular weight is 374 g/mol. The van der Waals surface area contributed by atoms with E-state index in [1.807, 2.05) is 36.4 Å². The van der Waals surface area contributed by atoms with E-state index in [9.17, 15) is 4.79 Å². The number of nitrogens with one attached hydrogen (secondary N) is 1. The second-order valence-corrected chi connectivity index (χ2v) is 6.69. The zero-order valence-electron chi connectivity index (χ0n) is 15.7. The maximum absolute atomic E-state index is 12.2. The van der Waals surface area contributed by atoms with E-state index in [0.29, 0.717) is 17.2 Å². The van der Waals surface area contributed by atoms with Gasteiger partial charge in [-0.1, -0.05) is 36.4 Å². The highest BCUT2D eigenvalue weighted by atomic mass is 16.6. The van der Waals surface area contributed by atoms with Gasteiger partial charge in [-0.2, -0.15) is 0 Å². The van der Waals surface area contributed by atoms with Crippen molar-refractivity contribution in [1.29, 1.82) is 0 Å². The van der Waals surface area contributed by atoms with Crippen LogP contribution in [0.5, 0.6) is 11.5 Å². The molecule has 5 nitrogen and oxygen atoms in total. The summed E-state index contributed by atoms with van der Waals surface area (Å²) in [4.78, 5) is 14.6. The summed E-state index contributed by atoms with van der Waals surface area (Å²) in [5, 5.41) is 2.72. The Morgan fingerprint density at radius 1 is 1.00 bits per heavy atom. The van der Waals surface area contributed by atoms with E-state index >= 15 is 0 Å². The third kappa shape index (κ3) is 4.09. The third-order valence-electron chi connectivity index (χ3n) is 4.79. The molecule has 0 atom stereocenters. The van der Waals surface area contributed by atoms with Crippen molar-refractivity contribution in [1.82, 2.24) is 0 Å². The fraction of sp³-hybridized carbons (Fsp3) is 0.174. The van der Waals surface area contributed by atoms with E-state index in [2.05, 4.69) is 34.5 Å². The highest BCUT2D eigenvalue weighted by Gasteiger charge is 2.20. The monoisotopic (exact) mass is 374 g/mol. The molecule has 28 heavy (non-hydrogen) atoms. The van der Waals surface area contributed by atoms with Gasteiger partial charge in [-0.25, -0.2) is 4.79 Å². The lowest BCUT2D eigenvalue weighted by Crippen LogP contribution is -2.19. The number of anilines is 2. The number of benzene rings is 3. The maximum atomic E-state index is 12.2. The Balaban J connectivity index is 1.41. The zero-order valence-corrected chi connectivity index (χ0v) is 15.7. The minimum atomic E-state index is -0.521. The number of hydrogen-bond acceptors (Lipinski definition) is 4. The van der Waals surface area contributed by atoms with Crippen LogP contribution in [0.2, 0.25) is 0 Å². The van der Waals surface area contributed by atoms with Crippen molar-refractivity contribution in [2.75, 3.05) is 23.9 Å². The molecule has 3 aromatic carbocycles. The van der Waals surface area contributed by atoms with E-state index in [4.69, 9.17) is 9.47 Å². The van der Waals surface area contributed by atoms with E-state index in [0.717, 1.165) is 19.5 Å². The van der Waals surface area contributed by atoms with Crippen molar-refractivity contribution < 1.29 is 14.3 Å². The van der Waals surface area contributed by atoms with Crippen molar-refractivity contribution >= 4 is 17.5 Å². The van der Waals surface area contributed by atoms with Crippen LogP contribution < -0.4 is 19.7 Å². The molecule has 1 aliphatic heterocycles. The van der Waals surface area contributed by atoms with Crippen LogP contribution in [0.4, 0.5) is 16.2 Å². The fourth-order valence-electron chi connectivity index (χ4n) is 3.43. The number of carbonyl (C=O) groups is 1. The van der Waals surface area contributed by atoms with E-state index < -0.39 is 6.09 Å². The molecule has 0 fully saturated rings. The Morgan fingerprint density at radius 2 is 1.86 bits per heavy atom. The smallest absolute Gasteiger partial charge is 0.417 e. The Bertz CT molecular complexity index is 973. The van der Waals surface area contributed by atoms with Crippen molar-refractivity contribution in [2.24, 2.45) is 0 Å². The van der Waals surface area contributed by atoms with Crippen molar-refractivity contribution in [3.63, 3.8) is 0 Å². The lowest BCUT2D eigenvalue weighted by Gasteiger charge is -2.19. The number of nitrogens with zero attached hydrogens (tertiary/aromatic N) is 1. The van der Waals surface area contributed by atoms with Crippen LogP contribution >= 0.6 is 0 Å². The lowest BCUT2D eigenvalue weighted by molar-refractivity contribution is 0.215. The SMILES string of the molecule is COc1cccc(NC(=O)Oc2ccc3c(c2)CCN3Cc2ccccc2)c1. The van der Waals surface area contributed by atoms with Gasteiger partial charge < -0.3 is 14.4 Å². The molecule has 1 N–H and O–H groups in total. The van der Waals surface area contributed by atoms with E-state index in [1.165, 1.54) is 16.8 Å². The first-order valence-corrected chi connectivity index (χ1v) is 9.26. The maximum Gasteiger partial charge on any atom is 0.417 e. The van der Waals surface area contributed by atoms with Crippen LogP contribution in [-0.4, -0.2) is 19.7 Å². The third-order valence-corrected chi connectivity index (χ3v) is 4.79. The lowest BCUT2D eigenvalue weighted by atomic mass is 10.1. The largest absolute Gasteiger partial charge is 0.497 e. The number of amides is 1. The number of fused-ring (bicyclic) bond motifs is 1. The van der Waals surface area contributed by atoms with Gasteiger partial charge in [0.1, 0.15) is 11.5 Å². The minimum absolute atomic E-state index is 0.521. The molecule has 3 aromatic rings. The molecule has 0 unspecified atom stereocenters. The summed E-state index contributed by atoms with van der Waals surface area (Å²) in [6, 6.07) is 23.4. The van der Waals surface area contributed by atoms with Crippen LogP contribution in [0.15, 0.2) is 72.8 Å². The Kier molecular flexibility index (Phi) is 5.15. The second kappa shape index (κ2) is 8.05. The topological polar surface area (TPSA) is 50.8 Å². The average Bonchev–Trinajstić information content (AvgIpc) is 3.11. The van der Waals surface area contributed by atoms with Crippen molar-refractivity contribution in [3.8, 4) is 11.5 Å². The van der Waals surface area contributed by atoms with Crippen molar-refractivity contribution in [2.45, 2.75) is 13.0 Å². The molecular formula is C23H22N2O3. The highest BCUT2D eigenvalue weighted by molar-refractivity contribution is 5.86. The van der Waals surface area contributed by atoms with Gasteiger partial charge in [-0.15, -0.1) is 0 Å². The normalized spacial score (nSPS) is 12.4. The van der Waals surface area contributed by atoms with Gasteiger partial charge >= 0.3 is 6.09 Å². The quantitative estimate of drug-likeness (QED) is 0.692. The Labute approximate surface area is 164 Å². The number of hydrogen-bond donors (Lipinski definition) is 1. The van der Waals surface area contributed by atoms with Gasteiger partial charge in [0, 0.05) is 30.5 Å². The zero-order chi connectivity index (χ0) is 19.3. The molecule has 0 aromatic heterocycles. The minimum Gasteiger partial charge on any atom is -0.497 e. The number of carbonyl (C=O) groups excluding carboxylic acids is 1. The predicted octanol–water partition coefficient (Wildman–Crippen LogP) is 4.87. The summed E-state index contributed by atoms with van der Waals surface area (Å²) in [6.45, 7) is 1.84. The molecule has 5 heteroatoms. The van der Waals surface area contributed by atoms with Crippen LogP contribution in [0, 0.1) is 0 Å². The standard InChI is InChI=1S/C23H22N2O3/c1-27-20-9-5-8-19(15-20)24-23(26)28-21-10-11-22-18(14-21)12-13-25(22)16-17-6-3-2-4-7-17/h2-11,14-15H,12-13,16H2,1H3,(H,24,26). The Morgan fingerprint density at radius 3 is 2.68 bits per heavy atom. The van der Waals surface area contributed by atoms with Gasteiger partial charge in [-0.05, 0) is 47.9 Å². The number of ether oxygens (including phenoxy) is 2. The molecule has 1 aliphatic rings. The van der Waals surface area contributed by atoms with Crippen LogP contribution in [-0.2, 0) is 13.0 Å². The molecule has 1 amide bonds. The molecule has 142 valence electrons. The highest BCUT2D eigenvalue weighted by Crippen LogP contribution is 2.32. The van der Waals surface area contributed by atoms with Crippen molar-refractivity contribution in [3.05, 3.63) is 83.9 Å². The first-order chi connectivity index (χ1) is 13.7. The molecule has 1 heterocycles. The molecule has 0 bridgehead atoms.